The summed E-state index contributed by atoms with van der Waals surface area (Å²) in [6.07, 6.45) is 1.77. The van der Waals surface area contributed by atoms with E-state index in [9.17, 15) is 4.79 Å². The molecule has 0 radical (unpaired) electrons. The number of thioether (sulfide) groups is 1. The van der Waals surface area contributed by atoms with Crippen molar-refractivity contribution >= 4 is 56.2 Å². The Morgan fingerprint density at radius 1 is 1.29 bits per heavy atom. The van der Waals surface area contributed by atoms with E-state index in [1.807, 2.05) is 26.0 Å². The van der Waals surface area contributed by atoms with E-state index in [-0.39, 0.29) is 5.91 Å². The SMILES string of the molecule is CCOc1cc(OCC)c(C=C2SC(=S)NC2=O)cc1Br. The van der Waals surface area contributed by atoms with Crippen LogP contribution in [-0.4, -0.2) is 23.4 Å². The highest BCUT2D eigenvalue weighted by Gasteiger charge is 2.23. The standard InChI is InChI=1S/C14H14BrNO3S2/c1-3-18-10-7-11(19-4-2)9(15)5-8(10)6-12-13(17)16-14(20)21-12/h5-7H,3-4H2,1-2H3,(H,16,17,20). The molecule has 1 aliphatic rings. The van der Waals surface area contributed by atoms with Gasteiger partial charge in [0.15, 0.2) is 0 Å². The minimum Gasteiger partial charge on any atom is -0.493 e. The Hall–Kier alpha value is -1.05. The fourth-order valence-electron chi connectivity index (χ4n) is 1.77. The van der Waals surface area contributed by atoms with E-state index >= 15 is 0 Å². The Bertz CT molecular complexity index is 616. The van der Waals surface area contributed by atoms with Crippen LogP contribution in [0.3, 0.4) is 0 Å². The number of benzene rings is 1. The maximum atomic E-state index is 11.7. The number of halogens is 1. The Morgan fingerprint density at radius 2 is 1.95 bits per heavy atom. The fourth-order valence-corrected chi connectivity index (χ4v) is 3.28. The van der Waals surface area contributed by atoms with Crippen molar-refractivity contribution in [3.63, 3.8) is 0 Å². The second kappa shape index (κ2) is 7.29. The molecule has 0 spiro atoms. The topological polar surface area (TPSA) is 47.6 Å². The van der Waals surface area contributed by atoms with Gasteiger partial charge in [-0.3, -0.25) is 4.79 Å². The summed E-state index contributed by atoms with van der Waals surface area (Å²) >= 11 is 9.70. The van der Waals surface area contributed by atoms with Crippen molar-refractivity contribution in [2.24, 2.45) is 0 Å². The molecule has 0 aromatic heterocycles. The van der Waals surface area contributed by atoms with Crippen LogP contribution in [0.1, 0.15) is 19.4 Å². The first kappa shape index (κ1) is 16.3. The zero-order chi connectivity index (χ0) is 15.4. The molecule has 1 fully saturated rings. The van der Waals surface area contributed by atoms with Crippen molar-refractivity contribution in [1.29, 1.82) is 0 Å². The van der Waals surface area contributed by atoms with E-state index in [0.29, 0.717) is 33.9 Å². The summed E-state index contributed by atoms with van der Waals surface area (Å²) in [5, 5.41) is 2.59. The highest BCUT2D eigenvalue weighted by Crippen LogP contribution is 2.36. The van der Waals surface area contributed by atoms with Crippen molar-refractivity contribution in [3.8, 4) is 11.5 Å². The molecule has 0 aliphatic carbocycles. The van der Waals surface area contributed by atoms with Gasteiger partial charge in [-0.2, -0.15) is 0 Å². The summed E-state index contributed by atoms with van der Waals surface area (Å²) in [5.74, 6) is 1.20. The number of ether oxygens (including phenoxy) is 2. The molecule has 0 saturated carbocycles. The molecule has 0 atom stereocenters. The molecule has 2 rings (SSSR count). The summed E-state index contributed by atoms with van der Waals surface area (Å²) < 4.78 is 12.4. The van der Waals surface area contributed by atoms with Gasteiger partial charge in [-0.05, 0) is 41.9 Å². The number of hydrogen-bond donors (Lipinski definition) is 1. The highest BCUT2D eigenvalue weighted by molar-refractivity contribution is 9.10. The third-order valence-electron chi connectivity index (χ3n) is 2.59. The number of amides is 1. The van der Waals surface area contributed by atoms with Crippen molar-refractivity contribution in [2.45, 2.75) is 13.8 Å². The lowest BCUT2D eigenvalue weighted by atomic mass is 10.1. The van der Waals surface area contributed by atoms with Gasteiger partial charge in [0.2, 0.25) is 0 Å². The third kappa shape index (κ3) is 3.99. The maximum Gasteiger partial charge on any atom is 0.263 e. The lowest BCUT2D eigenvalue weighted by Gasteiger charge is -2.12. The molecule has 112 valence electrons. The van der Waals surface area contributed by atoms with Gasteiger partial charge in [0, 0.05) is 11.6 Å². The van der Waals surface area contributed by atoms with Crippen molar-refractivity contribution in [3.05, 3.63) is 27.1 Å². The number of carbonyl (C=O) groups is 1. The maximum absolute atomic E-state index is 11.7. The molecule has 4 nitrogen and oxygen atoms in total. The van der Waals surface area contributed by atoms with Crippen molar-refractivity contribution < 1.29 is 14.3 Å². The Labute approximate surface area is 141 Å². The van der Waals surface area contributed by atoms with E-state index in [2.05, 4.69) is 21.2 Å². The van der Waals surface area contributed by atoms with Crippen LogP contribution in [0.4, 0.5) is 0 Å². The van der Waals surface area contributed by atoms with Crippen LogP contribution in [0.15, 0.2) is 21.5 Å². The zero-order valence-electron chi connectivity index (χ0n) is 11.6. The van der Waals surface area contributed by atoms with E-state index in [4.69, 9.17) is 21.7 Å². The van der Waals surface area contributed by atoms with Crippen LogP contribution in [0.2, 0.25) is 0 Å². The van der Waals surface area contributed by atoms with Gasteiger partial charge in [-0.25, -0.2) is 0 Å². The molecular weight excluding hydrogens is 374 g/mol. The predicted octanol–water partition coefficient (Wildman–Crippen LogP) is 3.74. The molecule has 1 aliphatic heterocycles. The summed E-state index contributed by atoms with van der Waals surface area (Å²) in [5.41, 5.74) is 0.800. The molecule has 1 N–H and O–H groups in total. The van der Waals surface area contributed by atoms with Gasteiger partial charge in [0.1, 0.15) is 15.8 Å². The van der Waals surface area contributed by atoms with E-state index in [1.54, 1.807) is 6.08 Å². The first-order chi connectivity index (χ1) is 10.0. The number of hydrogen-bond acceptors (Lipinski definition) is 5. The Balaban J connectivity index is 2.42. The zero-order valence-corrected chi connectivity index (χ0v) is 14.8. The minimum atomic E-state index is -0.183. The molecule has 0 bridgehead atoms. The lowest BCUT2D eigenvalue weighted by Crippen LogP contribution is -2.17. The lowest BCUT2D eigenvalue weighted by molar-refractivity contribution is -0.115. The second-order valence-electron chi connectivity index (χ2n) is 4.04. The van der Waals surface area contributed by atoms with Crippen LogP contribution < -0.4 is 14.8 Å². The minimum absolute atomic E-state index is 0.183. The van der Waals surface area contributed by atoms with Gasteiger partial charge in [-0.1, -0.05) is 24.0 Å². The quantitative estimate of drug-likeness (QED) is 0.615. The first-order valence-corrected chi connectivity index (χ1v) is 8.41. The van der Waals surface area contributed by atoms with E-state index < -0.39 is 0 Å². The van der Waals surface area contributed by atoms with E-state index in [0.717, 1.165) is 10.0 Å². The molecule has 21 heavy (non-hydrogen) atoms. The van der Waals surface area contributed by atoms with Crippen LogP contribution in [0.25, 0.3) is 6.08 Å². The third-order valence-corrected chi connectivity index (χ3v) is 4.38. The molecule has 1 aromatic rings. The normalized spacial score (nSPS) is 16.2. The van der Waals surface area contributed by atoms with Gasteiger partial charge in [0.25, 0.3) is 5.91 Å². The van der Waals surface area contributed by atoms with Crippen LogP contribution in [0.5, 0.6) is 11.5 Å². The summed E-state index contributed by atoms with van der Waals surface area (Å²) in [7, 11) is 0. The van der Waals surface area contributed by atoms with Crippen molar-refractivity contribution in [2.75, 3.05) is 13.2 Å². The number of rotatable bonds is 5. The van der Waals surface area contributed by atoms with Gasteiger partial charge >= 0.3 is 0 Å². The molecule has 1 saturated heterocycles. The Kier molecular flexibility index (Phi) is 5.66. The van der Waals surface area contributed by atoms with Gasteiger partial charge in [-0.15, -0.1) is 0 Å². The van der Waals surface area contributed by atoms with Gasteiger partial charge < -0.3 is 14.8 Å². The average molecular weight is 388 g/mol. The van der Waals surface area contributed by atoms with Crippen molar-refractivity contribution in [1.82, 2.24) is 5.32 Å². The summed E-state index contributed by atoms with van der Waals surface area (Å²) in [6.45, 7) is 4.92. The summed E-state index contributed by atoms with van der Waals surface area (Å²) in [4.78, 5) is 12.3. The largest absolute Gasteiger partial charge is 0.493 e. The second-order valence-corrected chi connectivity index (χ2v) is 6.61. The smallest absolute Gasteiger partial charge is 0.263 e. The fraction of sp³-hybridized carbons (Fsp3) is 0.286. The first-order valence-electron chi connectivity index (χ1n) is 6.39. The predicted molar refractivity (Wildman–Crippen MR) is 92.8 cm³/mol. The van der Waals surface area contributed by atoms with Crippen LogP contribution in [-0.2, 0) is 4.79 Å². The number of carbonyl (C=O) groups excluding carboxylic acids is 1. The summed E-state index contributed by atoms with van der Waals surface area (Å²) in [6, 6.07) is 3.69. The van der Waals surface area contributed by atoms with Crippen LogP contribution >= 0.6 is 39.9 Å². The molecule has 1 heterocycles. The molecule has 1 aromatic carbocycles. The van der Waals surface area contributed by atoms with E-state index in [1.165, 1.54) is 11.8 Å². The average Bonchev–Trinajstić information content (AvgIpc) is 2.73. The molecule has 0 unspecified atom stereocenters. The van der Waals surface area contributed by atoms with Crippen LogP contribution in [0, 0.1) is 0 Å². The number of nitrogens with one attached hydrogen (secondary N) is 1. The Morgan fingerprint density at radius 3 is 2.52 bits per heavy atom. The van der Waals surface area contributed by atoms with Gasteiger partial charge in [0.05, 0.1) is 22.6 Å². The monoisotopic (exact) mass is 387 g/mol. The molecular formula is C14H14BrNO3S2. The number of thiocarbonyl (C=S) groups is 1. The highest BCUT2D eigenvalue weighted by atomic mass is 79.9. The molecule has 1 amide bonds. The molecule has 7 heteroatoms.